The fraction of sp³-hybridized carbons (Fsp3) is 0.257. The van der Waals surface area contributed by atoms with E-state index in [0.717, 1.165) is 25.6 Å². The fourth-order valence-electron chi connectivity index (χ4n) is 5.20. The van der Waals surface area contributed by atoms with Crippen LogP contribution in [0.15, 0.2) is 105 Å². The highest BCUT2D eigenvalue weighted by atomic mass is 79.9. The van der Waals surface area contributed by atoms with E-state index in [1.165, 1.54) is 0 Å². The Kier molecular flexibility index (Phi) is 11.3. The summed E-state index contributed by atoms with van der Waals surface area (Å²) >= 11 is 7.36. The summed E-state index contributed by atoms with van der Waals surface area (Å²) in [5.41, 5.74) is 7.88. The number of aliphatic hydroxyl groups excluding tert-OH is 1. The number of hydrogen-bond acceptors (Lipinski definition) is 8. The van der Waals surface area contributed by atoms with Crippen molar-refractivity contribution in [1.29, 1.82) is 0 Å². The topological polar surface area (TPSA) is 111 Å². The molecule has 0 saturated heterocycles. The lowest BCUT2D eigenvalue weighted by Gasteiger charge is -2.31. The molecule has 3 N–H and O–H groups in total. The van der Waals surface area contributed by atoms with Gasteiger partial charge in [-0.05, 0) is 59.7 Å². The number of ether oxygens (including phenoxy) is 4. The van der Waals surface area contributed by atoms with Crippen LogP contribution in [0.2, 0.25) is 0 Å². The molecule has 5 rings (SSSR count). The van der Waals surface area contributed by atoms with E-state index in [0.29, 0.717) is 48.3 Å². The molecule has 46 heavy (non-hydrogen) atoms. The standard InChI is InChI=1S/C35H35Br2N3O6/c1-43-30-17-12-23(20-31(30)44-2)22-38-40-34(42)35(21-25-8-3-5-10-28(25)36)32(27-9-4-6-11-29(27)37)46-33(39-35)24-13-15-26(16-14-24)45-19-7-18-41/h3-6,8-17,20,32,38,41H,7,18-19,21-22H2,1-2H3,(H,40,42)/t32-,35-/m0/s1. The van der Waals surface area contributed by atoms with Gasteiger partial charge in [0.15, 0.2) is 23.1 Å². The van der Waals surface area contributed by atoms with Crippen LogP contribution in [-0.2, 0) is 22.5 Å². The Balaban J connectivity index is 1.51. The number of benzene rings is 4. The summed E-state index contributed by atoms with van der Waals surface area (Å²) in [5, 5.41) is 9.07. The molecule has 0 saturated carbocycles. The van der Waals surface area contributed by atoms with E-state index < -0.39 is 11.6 Å². The average molecular weight is 753 g/mol. The van der Waals surface area contributed by atoms with Gasteiger partial charge in [0.2, 0.25) is 5.90 Å². The van der Waals surface area contributed by atoms with Crippen LogP contribution in [0, 0.1) is 0 Å². The normalized spacial score (nSPS) is 17.2. The van der Waals surface area contributed by atoms with Crippen LogP contribution in [0.25, 0.3) is 0 Å². The number of hydrazine groups is 1. The smallest absolute Gasteiger partial charge is 0.266 e. The molecule has 1 aliphatic heterocycles. The van der Waals surface area contributed by atoms with E-state index in [9.17, 15) is 4.79 Å². The zero-order chi connectivity index (χ0) is 32.5. The van der Waals surface area contributed by atoms with Crippen LogP contribution < -0.4 is 25.1 Å². The highest BCUT2D eigenvalue weighted by Gasteiger charge is 2.54. The van der Waals surface area contributed by atoms with Gasteiger partial charge in [-0.15, -0.1) is 0 Å². The quantitative estimate of drug-likeness (QED) is 0.102. The Labute approximate surface area is 285 Å². The zero-order valence-electron chi connectivity index (χ0n) is 25.5. The van der Waals surface area contributed by atoms with Crippen molar-refractivity contribution in [3.63, 3.8) is 0 Å². The molecule has 0 bridgehead atoms. The molecule has 11 heteroatoms. The first-order chi connectivity index (χ1) is 22.4. The van der Waals surface area contributed by atoms with Gasteiger partial charge in [0.25, 0.3) is 5.91 Å². The first-order valence-corrected chi connectivity index (χ1v) is 16.3. The average Bonchev–Trinajstić information content (AvgIpc) is 3.46. The van der Waals surface area contributed by atoms with Crippen LogP contribution in [0.4, 0.5) is 0 Å². The van der Waals surface area contributed by atoms with Crippen molar-refractivity contribution in [2.75, 3.05) is 27.4 Å². The molecule has 9 nitrogen and oxygen atoms in total. The number of halogens is 2. The van der Waals surface area contributed by atoms with Crippen molar-refractivity contribution < 1.29 is 28.8 Å². The van der Waals surface area contributed by atoms with Gasteiger partial charge in [-0.2, -0.15) is 0 Å². The minimum atomic E-state index is -1.40. The number of hydrogen-bond donors (Lipinski definition) is 3. The van der Waals surface area contributed by atoms with Crippen LogP contribution in [0.5, 0.6) is 17.2 Å². The molecule has 4 aromatic carbocycles. The summed E-state index contributed by atoms with van der Waals surface area (Å²) in [6, 6.07) is 28.4. The van der Waals surface area contributed by atoms with Gasteiger partial charge in [-0.3, -0.25) is 10.2 Å². The molecule has 240 valence electrons. The van der Waals surface area contributed by atoms with E-state index in [4.69, 9.17) is 29.0 Å². The molecule has 1 aliphatic rings. The molecule has 2 atom stereocenters. The summed E-state index contributed by atoms with van der Waals surface area (Å²) in [6.07, 6.45) is 0.0159. The summed E-state index contributed by atoms with van der Waals surface area (Å²) in [7, 11) is 3.17. The zero-order valence-corrected chi connectivity index (χ0v) is 28.6. The third-order valence-corrected chi connectivity index (χ3v) is 9.07. The maximum absolute atomic E-state index is 14.5. The van der Waals surface area contributed by atoms with E-state index in [1.54, 1.807) is 14.2 Å². The number of nitrogens with one attached hydrogen (secondary N) is 2. The van der Waals surface area contributed by atoms with Gasteiger partial charge in [0, 0.05) is 46.1 Å². The second kappa shape index (κ2) is 15.6. The van der Waals surface area contributed by atoms with Gasteiger partial charge in [-0.25, -0.2) is 10.4 Å². The molecule has 0 fully saturated rings. The number of aliphatic hydroxyl groups is 1. The van der Waals surface area contributed by atoms with Crippen LogP contribution in [0.1, 0.15) is 34.8 Å². The molecule has 0 aliphatic carbocycles. The van der Waals surface area contributed by atoms with Crippen LogP contribution in [-0.4, -0.2) is 49.9 Å². The molecule has 0 radical (unpaired) electrons. The SMILES string of the molecule is COc1ccc(CNNC(=O)[C@@]2(Cc3ccccc3Br)N=C(c3ccc(OCCCO)cc3)O[C@H]2c2ccccc2Br)cc1OC. The lowest BCUT2D eigenvalue weighted by Crippen LogP contribution is -2.53. The summed E-state index contributed by atoms with van der Waals surface area (Å²) in [5.74, 6) is 1.85. The Morgan fingerprint density at radius 3 is 2.35 bits per heavy atom. The van der Waals surface area contributed by atoms with Gasteiger partial charge >= 0.3 is 0 Å². The number of carbonyl (C=O) groups excluding carboxylic acids is 1. The number of nitrogens with zero attached hydrogens (tertiary/aromatic N) is 1. The van der Waals surface area contributed by atoms with Crippen molar-refractivity contribution in [2.24, 2.45) is 4.99 Å². The lowest BCUT2D eigenvalue weighted by atomic mass is 9.82. The summed E-state index contributed by atoms with van der Waals surface area (Å²) in [6.45, 7) is 0.791. The van der Waals surface area contributed by atoms with E-state index in [1.807, 2.05) is 91.0 Å². The predicted molar refractivity (Wildman–Crippen MR) is 183 cm³/mol. The second-order valence-corrected chi connectivity index (χ2v) is 12.3. The number of methoxy groups -OCH3 is 2. The fourth-order valence-corrected chi connectivity index (χ4v) is 6.12. The molecule has 0 aromatic heterocycles. The molecule has 0 unspecified atom stereocenters. The van der Waals surface area contributed by atoms with Crippen molar-refractivity contribution >= 4 is 43.7 Å². The Morgan fingerprint density at radius 2 is 1.65 bits per heavy atom. The maximum atomic E-state index is 14.5. The third-order valence-electron chi connectivity index (χ3n) is 7.58. The van der Waals surface area contributed by atoms with Crippen molar-refractivity contribution in [2.45, 2.75) is 31.0 Å². The molecular formula is C35H35Br2N3O6. The Bertz CT molecular complexity index is 1680. The summed E-state index contributed by atoms with van der Waals surface area (Å²) < 4.78 is 24.8. The van der Waals surface area contributed by atoms with Crippen molar-refractivity contribution in [1.82, 2.24) is 10.9 Å². The first-order valence-electron chi connectivity index (χ1n) is 14.7. The molecule has 4 aromatic rings. The van der Waals surface area contributed by atoms with E-state index >= 15 is 0 Å². The highest BCUT2D eigenvalue weighted by Crippen LogP contribution is 2.45. The van der Waals surface area contributed by atoms with Crippen molar-refractivity contribution in [3.8, 4) is 17.2 Å². The van der Waals surface area contributed by atoms with Crippen molar-refractivity contribution in [3.05, 3.63) is 122 Å². The maximum Gasteiger partial charge on any atom is 0.266 e. The molecule has 1 amide bonds. The number of aliphatic imine (C=N–C) groups is 1. The monoisotopic (exact) mass is 751 g/mol. The van der Waals surface area contributed by atoms with E-state index in [-0.39, 0.29) is 18.9 Å². The Morgan fingerprint density at radius 1 is 0.935 bits per heavy atom. The van der Waals surface area contributed by atoms with Gasteiger partial charge in [0.05, 0.1) is 20.8 Å². The first kappa shape index (κ1) is 33.5. The van der Waals surface area contributed by atoms with Gasteiger partial charge in [-0.1, -0.05) is 74.3 Å². The lowest BCUT2D eigenvalue weighted by molar-refractivity contribution is -0.130. The molecule has 0 spiro atoms. The number of amides is 1. The van der Waals surface area contributed by atoms with E-state index in [2.05, 4.69) is 42.7 Å². The second-order valence-electron chi connectivity index (χ2n) is 10.6. The largest absolute Gasteiger partial charge is 0.494 e. The molecular weight excluding hydrogens is 718 g/mol. The van der Waals surface area contributed by atoms with Gasteiger partial charge in [0.1, 0.15) is 5.75 Å². The van der Waals surface area contributed by atoms with Crippen LogP contribution >= 0.6 is 31.9 Å². The highest BCUT2D eigenvalue weighted by molar-refractivity contribution is 9.10. The number of rotatable bonds is 14. The van der Waals surface area contributed by atoms with Gasteiger partial charge < -0.3 is 24.1 Å². The predicted octanol–water partition coefficient (Wildman–Crippen LogP) is 6.31. The minimum absolute atomic E-state index is 0.0595. The third kappa shape index (κ3) is 7.55. The summed E-state index contributed by atoms with van der Waals surface area (Å²) in [4.78, 5) is 19.6. The number of carbonyl (C=O) groups is 1. The molecule has 1 heterocycles. The minimum Gasteiger partial charge on any atom is -0.494 e. The Hall–Kier alpha value is -3.90. The van der Waals surface area contributed by atoms with Crippen LogP contribution in [0.3, 0.4) is 0 Å².